The second kappa shape index (κ2) is 5.91. The van der Waals surface area contributed by atoms with Gasteiger partial charge in [-0.2, -0.15) is 4.98 Å². The molecule has 0 spiro atoms. The first-order chi connectivity index (χ1) is 8.07. The van der Waals surface area contributed by atoms with Crippen LogP contribution in [0.15, 0.2) is 4.52 Å². The number of carbonyl (C=O) groups excluding carboxylic acids is 1. The van der Waals surface area contributed by atoms with Crippen LogP contribution in [0.1, 0.15) is 52.3 Å². The van der Waals surface area contributed by atoms with Crippen molar-refractivity contribution in [2.75, 3.05) is 6.61 Å². The molecule has 1 aromatic heterocycles. The number of carbonyl (C=O) groups is 1. The molecule has 0 fully saturated rings. The summed E-state index contributed by atoms with van der Waals surface area (Å²) in [5.74, 6) is 0.911. The highest BCUT2D eigenvalue weighted by Gasteiger charge is 2.34. The number of Topliss-reactive ketones (excluding diaryl/α,β-unsaturated/α-hetero) is 1. The lowest BCUT2D eigenvalue weighted by Gasteiger charge is -2.27. The summed E-state index contributed by atoms with van der Waals surface area (Å²) >= 11 is 0. The maximum absolute atomic E-state index is 11.0. The Morgan fingerprint density at radius 1 is 1.35 bits per heavy atom. The lowest BCUT2D eigenvalue weighted by Crippen LogP contribution is -2.29. The Balaban J connectivity index is 2.94. The van der Waals surface area contributed by atoms with Gasteiger partial charge in [0.1, 0.15) is 11.4 Å². The van der Waals surface area contributed by atoms with E-state index in [4.69, 9.17) is 9.26 Å². The lowest BCUT2D eigenvalue weighted by atomic mass is 9.96. The average Bonchev–Trinajstić information content (AvgIpc) is 2.74. The first-order valence-corrected chi connectivity index (χ1v) is 6.04. The smallest absolute Gasteiger partial charge is 0.234 e. The molecule has 1 heterocycles. The van der Waals surface area contributed by atoms with Gasteiger partial charge < -0.3 is 9.26 Å². The summed E-state index contributed by atoms with van der Waals surface area (Å²) in [6.07, 6.45) is 1.73. The van der Waals surface area contributed by atoms with Gasteiger partial charge in [-0.1, -0.05) is 19.0 Å². The van der Waals surface area contributed by atoms with E-state index in [0.717, 1.165) is 12.8 Å². The van der Waals surface area contributed by atoms with Crippen molar-refractivity contribution in [2.45, 2.75) is 52.6 Å². The van der Waals surface area contributed by atoms with E-state index in [-0.39, 0.29) is 12.2 Å². The second-order valence-electron chi connectivity index (χ2n) is 4.02. The van der Waals surface area contributed by atoms with Gasteiger partial charge in [0.2, 0.25) is 11.7 Å². The van der Waals surface area contributed by atoms with Crippen molar-refractivity contribution >= 4 is 5.78 Å². The zero-order chi connectivity index (χ0) is 12.9. The van der Waals surface area contributed by atoms with Crippen molar-refractivity contribution in [2.24, 2.45) is 0 Å². The maximum Gasteiger partial charge on any atom is 0.234 e. The molecule has 0 N–H and O–H groups in total. The van der Waals surface area contributed by atoms with Crippen molar-refractivity contribution in [3.8, 4) is 0 Å². The highest BCUT2D eigenvalue weighted by molar-refractivity contribution is 5.77. The van der Waals surface area contributed by atoms with Gasteiger partial charge in [-0.15, -0.1) is 0 Å². The molecule has 0 bridgehead atoms. The quantitative estimate of drug-likeness (QED) is 0.731. The van der Waals surface area contributed by atoms with Crippen LogP contribution in [-0.2, 0) is 21.6 Å². The molecule has 0 aliphatic rings. The van der Waals surface area contributed by atoms with E-state index >= 15 is 0 Å². The van der Waals surface area contributed by atoms with Gasteiger partial charge in [-0.25, -0.2) is 0 Å². The molecule has 0 aliphatic carbocycles. The average molecular weight is 240 g/mol. The number of hydrogen-bond acceptors (Lipinski definition) is 5. The Morgan fingerprint density at radius 2 is 2.00 bits per heavy atom. The standard InChI is InChI=1S/C12H20N2O3/c1-5-12(6-2,16-7-3)11-13-10(17-14-11)8-9(4)15/h5-8H2,1-4H3. The van der Waals surface area contributed by atoms with Crippen LogP contribution in [0.5, 0.6) is 0 Å². The molecule has 5 heteroatoms. The number of ether oxygens (including phenoxy) is 1. The van der Waals surface area contributed by atoms with E-state index in [1.807, 2.05) is 20.8 Å². The SMILES string of the molecule is CCOC(CC)(CC)c1noc(CC(C)=O)n1. The van der Waals surface area contributed by atoms with Gasteiger partial charge in [0.15, 0.2) is 0 Å². The summed E-state index contributed by atoms with van der Waals surface area (Å²) in [5, 5.41) is 3.94. The summed E-state index contributed by atoms with van der Waals surface area (Å²) in [5.41, 5.74) is -0.493. The molecule has 0 aromatic carbocycles. The summed E-state index contributed by atoms with van der Waals surface area (Å²) < 4.78 is 10.8. The number of hydrogen-bond donors (Lipinski definition) is 0. The fourth-order valence-corrected chi connectivity index (χ4v) is 1.84. The van der Waals surface area contributed by atoms with Crippen LogP contribution in [0.3, 0.4) is 0 Å². The molecule has 1 rings (SSSR count). The third kappa shape index (κ3) is 3.12. The second-order valence-corrected chi connectivity index (χ2v) is 4.02. The first kappa shape index (κ1) is 13.8. The van der Waals surface area contributed by atoms with Gasteiger partial charge in [-0.3, -0.25) is 4.79 Å². The predicted molar refractivity (Wildman–Crippen MR) is 62.6 cm³/mol. The summed E-state index contributed by atoms with van der Waals surface area (Å²) in [6, 6.07) is 0. The Bertz CT molecular complexity index is 370. The molecule has 0 atom stereocenters. The third-order valence-electron chi connectivity index (χ3n) is 2.84. The van der Waals surface area contributed by atoms with Gasteiger partial charge in [0.25, 0.3) is 0 Å². The minimum Gasteiger partial charge on any atom is -0.367 e. The highest BCUT2D eigenvalue weighted by Crippen LogP contribution is 2.30. The van der Waals surface area contributed by atoms with Crippen LogP contribution in [0.25, 0.3) is 0 Å². The van der Waals surface area contributed by atoms with E-state index in [0.29, 0.717) is 18.3 Å². The van der Waals surface area contributed by atoms with Gasteiger partial charge in [0, 0.05) is 6.61 Å². The monoisotopic (exact) mass is 240 g/mol. The van der Waals surface area contributed by atoms with Crippen LogP contribution in [-0.4, -0.2) is 22.5 Å². The summed E-state index contributed by atoms with van der Waals surface area (Å²) in [6.45, 7) is 8.09. The van der Waals surface area contributed by atoms with Crippen molar-refractivity contribution < 1.29 is 14.1 Å². The zero-order valence-electron chi connectivity index (χ0n) is 10.9. The third-order valence-corrected chi connectivity index (χ3v) is 2.84. The van der Waals surface area contributed by atoms with Crippen molar-refractivity contribution in [1.29, 1.82) is 0 Å². The molecule has 0 unspecified atom stereocenters. The van der Waals surface area contributed by atoms with Crippen LogP contribution < -0.4 is 0 Å². The predicted octanol–water partition coefficient (Wildman–Crippen LogP) is 2.25. The molecular weight excluding hydrogens is 220 g/mol. The van der Waals surface area contributed by atoms with Gasteiger partial charge >= 0.3 is 0 Å². The molecular formula is C12H20N2O3. The van der Waals surface area contributed by atoms with Gasteiger partial charge in [0.05, 0.1) is 6.42 Å². The number of rotatable bonds is 7. The van der Waals surface area contributed by atoms with E-state index < -0.39 is 5.60 Å². The van der Waals surface area contributed by atoms with E-state index in [9.17, 15) is 4.79 Å². The van der Waals surface area contributed by atoms with E-state index in [1.54, 1.807) is 0 Å². The number of ketones is 1. The zero-order valence-corrected chi connectivity index (χ0v) is 10.9. The molecule has 0 amide bonds. The largest absolute Gasteiger partial charge is 0.367 e. The van der Waals surface area contributed by atoms with Crippen molar-refractivity contribution in [3.05, 3.63) is 11.7 Å². The molecule has 1 aromatic rings. The number of nitrogens with zero attached hydrogens (tertiary/aromatic N) is 2. The minimum absolute atomic E-state index is 0.00945. The lowest BCUT2D eigenvalue weighted by molar-refractivity contribution is -0.116. The normalized spacial score (nSPS) is 11.8. The van der Waals surface area contributed by atoms with E-state index in [2.05, 4.69) is 10.1 Å². The molecule has 0 radical (unpaired) electrons. The maximum atomic E-state index is 11.0. The highest BCUT2D eigenvalue weighted by atomic mass is 16.5. The fraction of sp³-hybridized carbons (Fsp3) is 0.750. The van der Waals surface area contributed by atoms with Crippen LogP contribution in [0, 0.1) is 0 Å². The molecule has 5 nitrogen and oxygen atoms in total. The van der Waals surface area contributed by atoms with E-state index in [1.165, 1.54) is 6.92 Å². The number of aromatic nitrogens is 2. The minimum atomic E-state index is -0.493. The van der Waals surface area contributed by atoms with Crippen LogP contribution in [0.2, 0.25) is 0 Å². The summed E-state index contributed by atoms with van der Waals surface area (Å²) in [7, 11) is 0. The van der Waals surface area contributed by atoms with Crippen LogP contribution >= 0.6 is 0 Å². The summed E-state index contributed by atoms with van der Waals surface area (Å²) in [4.78, 5) is 15.2. The topological polar surface area (TPSA) is 65.2 Å². The molecule has 96 valence electrons. The Kier molecular flexibility index (Phi) is 4.81. The Morgan fingerprint density at radius 3 is 2.47 bits per heavy atom. The van der Waals surface area contributed by atoms with Crippen molar-refractivity contribution in [3.63, 3.8) is 0 Å². The van der Waals surface area contributed by atoms with Crippen molar-refractivity contribution in [1.82, 2.24) is 10.1 Å². The fourth-order valence-electron chi connectivity index (χ4n) is 1.84. The molecule has 0 aliphatic heterocycles. The first-order valence-electron chi connectivity index (χ1n) is 6.04. The molecule has 0 saturated carbocycles. The molecule has 17 heavy (non-hydrogen) atoms. The Hall–Kier alpha value is -1.23. The van der Waals surface area contributed by atoms with Crippen LogP contribution in [0.4, 0.5) is 0 Å². The Labute approximate surface area is 102 Å². The van der Waals surface area contributed by atoms with Gasteiger partial charge in [-0.05, 0) is 26.7 Å². The molecule has 0 saturated heterocycles.